The monoisotopic (exact) mass is 341 g/mol. The van der Waals surface area contributed by atoms with Crippen LogP contribution in [0.15, 0.2) is 0 Å². The third kappa shape index (κ3) is 16.3. The fraction of sp³-hybridized carbons (Fsp3) is 1.00. The Labute approximate surface area is 128 Å². The van der Waals surface area contributed by atoms with Gasteiger partial charge in [0.2, 0.25) is 0 Å². The largest absolute Gasteiger partial charge is 0.373 e. The molecule has 0 aromatic heterocycles. The van der Waals surface area contributed by atoms with E-state index in [-0.39, 0.29) is 17.0 Å². The van der Waals surface area contributed by atoms with Crippen LogP contribution >= 0.6 is 17.0 Å². The number of rotatable bonds is 13. The number of unbranched alkanes of at least 4 members (excludes halogenated alkanes) is 9. The molecule has 1 unspecified atom stereocenters. The lowest BCUT2D eigenvalue weighted by atomic mass is 10.1. The van der Waals surface area contributed by atoms with Gasteiger partial charge in [-0.3, -0.25) is 5.32 Å². The van der Waals surface area contributed by atoms with Crippen LogP contribution in [-0.4, -0.2) is 34.4 Å². The van der Waals surface area contributed by atoms with Gasteiger partial charge in [-0.25, -0.2) is 0 Å². The summed E-state index contributed by atoms with van der Waals surface area (Å²) in [5.74, 6) is 0. The van der Waals surface area contributed by atoms with Crippen LogP contribution in [0.25, 0.3) is 0 Å². The predicted molar refractivity (Wildman–Crippen MR) is 84.4 cm³/mol. The first-order valence-electron chi connectivity index (χ1n) is 7.46. The van der Waals surface area contributed by atoms with Crippen LogP contribution in [0.5, 0.6) is 0 Å². The number of nitrogens with one attached hydrogen (secondary N) is 1. The summed E-state index contributed by atoms with van der Waals surface area (Å²) in [4.78, 5) is 0. The normalized spacial score (nSPS) is 12.5. The summed E-state index contributed by atoms with van der Waals surface area (Å²) >= 11 is 0. The van der Waals surface area contributed by atoms with Gasteiger partial charge in [-0.15, -0.1) is 17.0 Å². The molecule has 5 heteroatoms. The molecule has 0 spiro atoms. The topological polar surface area (TPSA) is 72.7 Å². The maximum atomic E-state index is 9.06. The minimum absolute atomic E-state index is 0. The molecule has 0 radical (unpaired) electrons. The third-order valence-electron chi connectivity index (χ3n) is 3.17. The Kier molecular flexibility index (Phi) is 18.6. The average molecular weight is 342 g/mol. The van der Waals surface area contributed by atoms with Crippen molar-refractivity contribution in [1.82, 2.24) is 5.32 Å². The number of aliphatic hydroxyl groups excluding tert-OH is 2. The number of hydrogen-bond acceptors (Lipinski definition) is 4. The van der Waals surface area contributed by atoms with Crippen LogP contribution in [0.3, 0.4) is 0 Å². The van der Waals surface area contributed by atoms with E-state index in [1.54, 1.807) is 0 Å². The maximum absolute atomic E-state index is 9.06. The van der Waals surface area contributed by atoms with E-state index >= 15 is 0 Å². The second-order valence-electron chi connectivity index (χ2n) is 4.99. The first kappa shape index (κ1) is 21.6. The Bertz CT molecular complexity index is 171. The molecule has 0 aromatic rings. The smallest absolute Gasteiger partial charge is 0.192 e. The molecule has 0 fully saturated rings. The van der Waals surface area contributed by atoms with Crippen molar-refractivity contribution in [3.8, 4) is 0 Å². The van der Waals surface area contributed by atoms with E-state index in [9.17, 15) is 0 Å². The Hall–Kier alpha value is 0.320. The molecule has 4 N–H and O–H groups in total. The van der Waals surface area contributed by atoms with E-state index in [2.05, 4.69) is 12.2 Å². The summed E-state index contributed by atoms with van der Waals surface area (Å²) in [5.41, 5.74) is 0. The van der Waals surface area contributed by atoms with E-state index in [1.807, 2.05) is 0 Å². The molecule has 0 amide bonds. The molecule has 0 bridgehead atoms. The zero-order chi connectivity index (χ0) is 13.6. The lowest BCUT2D eigenvalue weighted by molar-refractivity contribution is -0.132. The highest BCUT2D eigenvalue weighted by Gasteiger charge is 2.09. The molecular formula is C14H32BrNO3. The summed E-state index contributed by atoms with van der Waals surface area (Å²) in [5, 5.41) is 29.0. The van der Waals surface area contributed by atoms with Crippen molar-refractivity contribution >= 4 is 17.0 Å². The summed E-state index contributed by atoms with van der Waals surface area (Å²) in [6.45, 7) is 2.87. The van der Waals surface area contributed by atoms with Crippen LogP contribution in [0.4, 0.5) is 0 Å². The minimum atomic E-state index is -1.69. The Balaban J connectivity index is 0. The van der Waals surface area contributed by atoms with Gasteiger partial charge in [-0.1, -0.05) is 64.7 Å². The SMILES string of the molecule is Br.CCCCCCCCCCCCNC(O)C(O)O. The second-order valence-corrected chi connectivity index (χ2v) is 4.99. The molecule has 0 saturated carbocycles. The van der Waals surface area contributed by atoms with Gasteiger partial charge < -0.3 is 15.3 Å². The van der Waals surface area contributed by atoms with Crippen LogP contribution in [-0.2, 0) is 0 Å². The number of halogens is 1. The molecule has 0 heterocycles. The summed E-state index contributed by atoms with van der Waals surface area (Å²) in [6, 6.07) is 0. The fourth-order valence-corrected chi connectivity index (χ4v) is 1.97. The first-order chi connectivity index (χ1) is 8.68. The maximum Gasteiger partial charge on any atom is 0.192 e. The van der Waals surface area contributed by atoms with Gasteiger partial charge in [-0.05, 0) is 13.0 Å². The van der Waals surface area contributed by atoms with Gasteiger partial charge in [0.25, 0.3) is 0 Å². The molecule has 19 heavy (non-hydrogen) atoms. The van der Waals surface area contributed by atoms with E-state index in [0.29, 0.717) is 6.54 Å². The molecule has 0 rings (SSSR count). The van der Waals surface area contributed by atoms with Crippen molar-refractivity contribution < 1.29 is 15.3 Å². The Morgan fingerprint density at radius 1 is 0.737 bits per heavy atom. The fourth-order valence-electron chi connectivity index (χ4n) is 1.97. The second kappa shape index (κ2) is 16.4. The van der Waals surface area contributed by atoms with Crippen LogP contribution in [0, 0.1) is 0 Å². The van der Waals surface area contributed by atoms with E-state index < -0.39 is 12.5 Å². The van der Waals surface area contributed by atoms with Crippen LogP contribution < -0.4 is 5.32 Å². The van der Waals surface area contributed by atoms with Gasteiger partial charge in [-0.2, -0.15) is 0 Å². The lowest BCUT2D eigenvalue weighted by Gasteiger charge is -2.13. The summed E-state index contributed by atoms with van der Waals surface area (Å²) < 4.78 is 0. The molecule has 0 aliphatic heterocycles. The van der Waals surface area contributed by atoms with Crippen LogP contribution in [0.2, 0.25) is 0 Å². The molecule has 4 nitrogen and oxygen atoms in total. The number of hydrogen-bond donors (Lipinski definition) is 4. The van der Waals surface area contributed by atoms with Gasteiger partial charge in [0, 0.05) is 0 Å². The molecule has 1 atom stereocenters. The van der Waals surface area contributed by atoms with Crippen molar-refractivity contribution in [1.29, 1.82) is 0 Å². The molecule has 0 aromatic carbocycles. The van der Waals surface area contributed by atoms with Gasteiger partial charge >= 0.3 is 0 Å². The van der Waals surface area contributed by atoms with E-state index in [4.69, 9.17) is 15.3 Å². The highest BCUT2D eigenvalue weighted by atomic mass is 79.9. The molecule has 0 aliphatic rings. The quantitative estimate of drug-likeness (QED) is 0.307. The summed E-state index contributed by atoms with van der Waals surface area (Å²) in [7, 11) is 0. The Morgan fingerprint density at radius 3 is 1.58 bits per heavy atom. The van der Waals surface area contributed by atoms with Crippen molar-refractivity contribution in [3.63, 3.8) is 0 Å². The number of aliphatic hydroxyl groups is 3. The average Bonchev–Trinajstić information content (AvgIpc) is 2.35. The zero-order valence-corrected chi connectivity index (χ0v) is 13.9. The highest BCUT2D eigenvalue weighted by Crippen LogP contribution is 2.10. The van der Waals surface area contributed by atoms with Crippen molar-refractivity contribution in [2.24, 2.45) is 0 Å². The van der Waals surface area contributed by atoms with Crippen molar-refractivity contribution in [3.05, 3.63) is 0 Å². The predicted octanol–water partition coefficient (Wildman–Crippen LogP) is 2.70. The third-order valence-corrected chi connectivity index (χ3v) is 3.17. The van der Waals surface area contributed by atoms with E-state index in [0.717, 1.165) is 12.8 Å². The van der Waals surface area contributed by atoms with Crippen molar-refractivity contribution in [2.45, 2.75) is 83.6 Å². The summed E-state index contributed by atoms with van der Waals surface area (Å²) in [6.07, 6.45) is 9.82. The zero-order valence-electron chi connectivity index (χ0n) is 12.2. The molecule has 118 valence electrons. The van der Waals surface area contributed by atoms with Gasteiger partial charge in [0.1, 0.15) is 0 Å². The van der Waals surface area contributed by atoms with Gasteiger partial charge in [0.15, 0.2) is 12.5 Å². The molecular weight excluding hydrogens is 310 g/mol. The molecule has 0 aliphatic carbocycles. The molecule has 0 saturated heterocycles. The first-order valence-corrected chi connectivity index (χ1v) is 7.46. The standard InChI is InChI=1S/C14H31NO3.BrH/c1-2-3-4-5-6-7-8-9-10-11-12-15-13(16)14(17)18;/h13-18H,2-12H2,1H3;1H. The lowest BCUT2D eigenvalue weighted by Crippen LogP contribution is -2.39. The minimum Gasteiger partial charge on any atom is -0.373 e. The Morgan fingerprint density at radius 2 is 1.16 bits per heavy atom. The van der Waals surface area contributed by atoms with Gasteiger partial charge in [0.05, 0.1) is 0 Å². The highest BCUT2D eigenvalue weighted by molar-refractivity contribution is 8.93. The van der Waals surface area contributed by atoms with Crippen LogP contribution in [0.1, 0.15) is 71.1 Å². The van der Waals surface area contributed by atoms with E-state index in [1.165, 1.54) is 51.4 Å². The van der Waals surface area contributed by atoms with Crippen molar-refractivity contribution in [2.75, 3.05) is 6.54 Å².